The van der Waals surface area contributed by atoms with Crippen molar-refractivity contribution in [2.24, 2.45) is 0 Å². The van der Waals surface area contributed by atoms with E-state index >= 15 is 0 Å². The van der Waals surface area contributed by atoms with Crippen LogP contribution in [-0.2, 0) is 47.0 Å². The Morgan fingerprint density at radius 1 is 0.959 bits per heavy atom. The lowest BCUT2D eigenvalue weighted by Crippen LogP contribution is -2.38. The van der Waals surface area contributed by atoms with E-state index in [0.29, 0.717) is 35.9 Å². The molecule has 5 N–H and O–H groups in total. The molecule has 15 nitrogen and oxygen atoms in total. The summed E-state index contributed by atoms with van der Waals surface area (Å²) in [5, 5.41) is 4.10. The molecule has 1 aromatic carbocycles. The Morgan fingerprint density at radius 2 is 1.59 bits per heavy atom. The van der Waals surface area contributed by atoms with Crippen LogP contribution in [0.1, 0.15) is 58.4 Å². The first-order valence-corrected chi connectivity index (χ1v) is 18.1. The number of aromatic nitrogens is 3. The number of rotatable bonds is 13. The summed E-state index contributed by atoms with van der Waals surface area (Å²) in [5.41, 5.74) is 8.13. The minimum Gasteiger partial charge on any atom is -0.756 e. The van der Waals surface area contributed by atoms with Gasteiger partial charge in [0.2, 0.25) is 5.88 Å². The fraction of sp³-hybridized carbons (Fsp3) is 0.387. The number of hydrogen-bond donors (Lipinski definition) is 2. The molecular weight excluding hydrogens is 702 g/mol. The molecule has 0 radical (unpaired) electrons. The molecule has 1 unspecified atom stereocenters. The summed E-state index contributed by atoms with van der Waals surface area (Å²) in [6, 6.07) is 18.3. The average molecular weight is 745 g/mol. The number of pyridine rings is 2. The van der Waals surface area contributed by atoms with E-state index in [4.69, 9.17) is 45.1 Å². The van der Waals surface area contributed by atoms with Gasteiger partial charge in [-0.3, -0.25) is 28.4 Å². The number of nitrogens with zero attached hydrogens (tertiary/aromatic N) is 3. The first kappa shape index (κ1) is 42.0. The van der Waals surface area contributed by atoms with E-state index in [0.717, 1.165) is 11.1 Å². The molecule has 18 heteroatoms. The largest absolute Gasteiger partial charge is 0.756 e. The molecule has 4 rings (SSSR count). The number of nitrogens with two attached hydrogens (primary N) is 1. The van der Waals surface area contributed by atoms with Crippen LogP contribution in [0.15, 0.2) is 77.6 Å². The highest BCUT2D eigenvalue weighted by molar-refractivity contribution is 7.48. The highest BCUT2D eigenvalue weighted by Gasteiger charge is 2.36. The third-order valence-electron chi connectivity index (χ3n) is 5.71. The SMILES string of the molecule is CC(C)(C)OP(=O)(OCCl)OC(C)(C)C.Nc1c(-c2cc(Cc3ccc(COc4ccccn4)cc3)no2)ccc[n+]1COP(=O)([O-])O.O. The summed E-state index contributed by atoms with van der Waals surface area (Å²) >= 11 is 5.39. The van der Waals surface area contributed by atoms with Crippen molar-refractivity contribution >= 4 is 33.1 Å². The maximum Gasteiger partial charge on any atom is 0.476 e. The van der Waals surface area contributed by atoms with Crippen LogP contribution >= 0.6 is 27.2 Å². The van der Waals surface area contributed by atoms with Gasteiger partial charge in [0.15, 0.2) is 12.5 Å². The van der Waals surface area contributed by atoms with Crippen molar-refractivity contribution in [2.45, 2.75) is 72.5 Å². The monoisotopic (exact) mass is 744 g/mol. The van der Waals surface area contributed by atoms with Crippen molar-refractivity contribution in [3.63, 3.8) is 0 Å². The van der Waals surface area contributed by atoms with E-state index in [1.54, 1.807) is 72.0 Å². The van der Waals surface area contributed by atoms with Crippen molar-refractivity contribution < 1.29 is 56.3 Å². The van der Waals surface area contributed by atoms with Gasteiger partial charge in [-0.05, 0) is 70.9 Å². The van der Waals surface area contributed by atoms with E-state index in [2.05, 4.69) is 14.7 Å². The summed E-state index contributed by atoms with van der Waals surface area (Å²) in [6.07, 6.45) is 3.75. The third-order valence-corrected chi connectivity index (χ3v) is 8.40. The van der Waals surface area contributed by atoms with E-state index in [-0.39, 0.29) is 17.4 Å². The van der Waals surface area contributed by atoms with Crippen LogP contribution in [0.2, 0.25) is 0 Å². The second-order valence-corrected chi connectivity index (χ2v) is 15.2. The number of alkyl halides is 1. The van der Waals surface area contributed by atoms with Crippen LogP contribution in [0.5, 0.6) is 5.88 Å². The maximum absolute atomic E-state index is 12.1. The molecule has 270 valence electrons. The quantitative estimate of drug-likeness (QED) is 0.101. The molecule has 0 bridgehead atoms. The molecule has 4 aromatic rings. The smallest absolute Gasteiger partial charge is 0.476 e. The average Bonchev–Trinajstić information content (AvgIpc) is 3.43. The topological polar surface area (TPSA) is 224 Å². The predicted octanol–water partition coefficient (Wildman–Crippen LogP) is 5.32. The van der Waals surface area contributed by atoms with E-state index in [9.17, 15) is 14.0 Å². The van der Waals surface area contributed by atoms with E-state index < -0.39 is 33.6 Å². The Morgan fingerprint density at radius 3 is 2.14 bits per heavy atom. The molecule has 49 heavy (non-hydrogen) atoms. The molecule has 0 amide bonds. The number of halogens is 1. The van der Waals surface area contributed by atoms with Gasteiger partial charge in [-0.2, -0.15) is 0 Å². The van der Waals surface area contributed by atoms with Gasteiger partial charge in [0, 0.05) is 24.8 Å². The van der Waals surface area contributed by atoms with Gasteiger partial charge in [0.1, 0.15) is 18.2 Å². The number of anilines is 1. The highest BCUT2D eigenvalue weighted by Crippen LogP contribution is 2.55. The van der Waals surface area contributed by atoms with Gasteiger partial charge in [-0.1, -0.05) is 47.1 Å². The maximum atomic E-state index is 12.1. The van der Waals surface area contributed by atoms with E-state index in [1.165, 1.54) is 10.8 Å². The summed E-state index contributed by atoms with van der Waals surface area (Å²) in [6.45, 7) is 10.6. The zero-order valence-corrected chi connectivity index (χ0v) is 30.6. The van der Waals surface area contributed by atoms with Gasteiger partial charge in [-0.25, -0.2) is 14.1 Å². The fourth-order valence-corrected chi connectivity index (χ4v) is 6.13. The van der Waals surface area contributed by atoms with Crippen molar-refractivity contribution in [3.05, 3.63) is 89.9 Å². The lowest BCUT2D eigenvalue weighted by Gasteiger charge is -2.30. The second-order valence-electron chi connectivity index (χ2n) is 12.2. The molecule has 0 aliphatic carbocycles. The molecule has 0 saturated carbocycles. The molecule has 3 aromatic heterocycles. The molecule has 0 aliphatic rings. The lowest BCUT2D eigenvalue weighted by atomic mass is 10.1. The number of hydrogen-bond acceptors (Lipinski definition) is 12. The molecule has 3 heterocycles. The Labute approximate surface area is 290 Å². The molecular formula is C31H43ClN4O11P2. The number of phosphoric ester groups is 2. The van der Waals surface area contributed by atoms with Crippen LogP contribution in [-0.4, -0.2) is 37.8 Å². The molecule has 0 spiro atoms. The lowest BCUT2D eigenvalue weighted by molar-refractivity contribution is -0.713. The van der Waals surface area contributed by atoms with Gasteiger partial charge >= 0.3 is 7.82 Å². The first-order valence-electron chi connectivity index (χ1n) is 14.6. The van der Waals surface area contributed by atoms with Crippen LogP contribution in [0, 0.1) is 0 Å². The summed E-state index contributed by atoms with van der Waals surface area (Å²) < 4.78 is 55.1. The zero-order valence-electron chi connectivity index (χ0n) is 28.1. The predicted molar refractivity (Wildman–Crippen MR) is 180 cm³/mol. The molecule has 0 saturated heterocycles. The minimum atomic E-state index is -4.87. The van der Waals surface area contributed by atoms with Gasteiger partial charge in [0.25, 0.3) is 13.6 Å². The van der Waals surface area contributed by atoms with Gasteiger partial charge < -0.3 is 24.5 Å². The Kier molecular flexibility index (Phi) is 15.6. The van der Waals surface area contributed by atoms with Crippen LogP contribution < -0.4 is 19.9 Å². The van der Waals surface area contributed by atoms with Crippen molar-refractivity contribution in [3.8, 4) is 17.2 Å². The Hall–Kier alpha value is -3.20. The van der Waals surface area contributed by atoms with Gasteiger partial charge in [0.05, 0.1) is 23.1 Å². The normalized spacial score (nSPS) is 13.1. The molecule has 0 fully saturated rings. The summed E-state index contributed by atoms with van der Waals surface area (Å²) in [7, 11) is -8.46. The van der Waals surface area contributed by atoms with Gasteiger partial charge in [-0.15, -0.1) is 0 Å². The van der Waals surface area contributed by atoms with Crippen molar-refractivity contribution in [1.82, 2.24) is 10.1 Å². The number of benzene rings is 1. The Balaban J connectivity index is 0.000000444. The highest BCUT2D eigenvalue weighted by atomic mass is 35.5. The first-order chi connectivity index (χ1) is 22.3. The minimum absolute atomic E-state index is 0. The third kappa shape index (κ3) is 15.5. The van der Waals surface area contributed by atoms with Crippen LogP contribution in [0.3, 0.4) is 0 Å². The number of nitrogen functional groups attached to an aromatic ring is 1. The standard InChI is InChI=1S/C22H21N4O6P.C9H20ClO4P.H2O/c23-22-19(4-3-11-26(22)15-31-33(27,28)29)20-13-18(25-32-20)12-16-6-8-17(9-7-16)14-30-21-5-1-2-10-24-21;1-8(2,3)13-15(11,12-7-10)14-9(4,5)6;/h1-11,13,23H,12,14-15H2,(H2,27,28,29);7H2,1-6H3;1H2. The van der Waals surface area contributed by atoms with E-state index in [1.807, 2.05) is 36.4 Å². The summed E-state index contributed by atoms with van der Waals surface area (Å²) in [4.78, 5) is 23.8. The Bertz CT molecular complexity index is 1670. The van der Waals surface area contributed by atoms with Crippen molar-refractivity contribution in [1.29, 1.82) is 0 Å². The molecule has 1 atom stereocenters. The van der Waals surface area contributed by atoms with Crippen LogP contribution in [0.25, 0.3) is 11.3 Å². The zero-order chi connectivity index (χ0) is 35.6. The van der Waals surface area contributed by atoms with Crippen molar-refractivity contribution in [2.75, 3.05) is 11.8 Å². The number of ether oxygens (including phenoxy) is 1. The fourth-order valence-electron chi connectivity index (χ4n) is 3.90. The van der Waals surface area contributed by atoms with Crippen LogP contribution in [0.4, 0.5) is 5.82 Å². The molecule has 0 aliphatic heterocycles. The summed E-state index contributed by atoms with van der Waals surface area (Å²) in [5.74, 6) is 1.20. The second kappa shape index (κ2) is 18.2. The number of phosphoric acid groups is 2.